The first-order valence-corrected chi connectivity index (χ1v) is 11.4. The fourth-order valence-electron chi connectivity index (χ4n) is 3.67. The molecule has 0 aromatic heterocycles. The van der Waals surface area contributed by atoms with Crippen molar-refractivity contribution < 1.29 is 4.43 Å². The molecule has 0 amide bonds. The number of hydrogen-bond donors (Lipinski definition) is 0. The zero-order valence-corrected chi connectivity index (χ0v) is 17.0. The maximum atomic E-state index is 6.93. The van der Waals surface area contributed by atoms with Gasteiger partial charge in [0.1, 0.15) is 0 Å². The van der Waals surface area contributed by atoms with Crippen LogP contribution in [0.1, 0.15) is 30.9 Å². The Balaban J connectivity index is 2.31. The molecule has 0 aliphatic heterocycles. The lowest BCUT2D eigenvalue weighted by atomic mass is 10.2. The summed E-state index contributed by atoms with van der Waals surface area (Å²) in [6, 6.07) is 28.3. The Morgan fingerprint density at radius 2 is 1.19 bits per heavy atom. The van der Waals surface area contributed by atoms with Crippen molar-refractivity contribution >= 4 is 23.9 Å². The summed E-state index contributed by atoms with van der Waals surface area (Å²) in [7, 11) is -2.55. The average Bonchev–Trinajstić information content (AvgIpc) is 2.68. The summed E-state index contributed by atoms with van der Waals surface area (Å²) in [5.41, 5.74) is 2.62. The third-order valence-electron chi connectivity index (χ3n) is 5.05. The van der Waals surface area contributed by atoms with E-state index in [0.29, 0.717) is 0 Å². The van der Waals surface area contributed by atoms with E-state index in [-0.39, 0.29) is 0 Å². The molecule has 0 heterocycles. The monoisotopic (exact) mass is 360 g/mol. The second-order valence-corrected chi connectivity index (χ2v) is 10.2. The van der Waals surface area contributed by atoms with E-state index >= 15 is 0 Å². The van der Waals surface area contributed by atoms with Crippen LogP contribution in [0.5, 0.6) is 0 Å². The van der Waals surface area contributed by atoms with E-state index in [9.17, 15) is 0 Å². The van der Waals surface area contributed by atoms with Gasteiger partial charge in [-0.05, 0) is 47.0 Å². The summed E-state index contributed by atoms with van der Waals surface area (Å²) in [4.78, 5) is 0. The van der Waals surface area contributed by atoms with Crippen LogP contribution >= 0.6 is 0 Å². The third kappa shape index (κ3) is 3.53. The fourth-order valence-corrected chi connectivity index (χ4v) is 8.11. The van der Waals surface area contributed by atoms with Crippen molar-refractivity contribution in [2.24, 2.45) is 0 Å². The Morgan fingerprint density at radius 3 is 1.69 bits per heavy atom. The lowest BCUT2D eigenvalue weighted by molar-refractivity contribution is 0.314. The molecule has 1 nitrogen and oxygen atoms in total. The maximum Gasteiger partial charge on any atom is 0.288 e. The second kappa shape index (κ2) is 8.48. The van der Waals surface area contributed by atoms with Crippen LogP contribution in [0, 0.1) is 13.8 Å². The quantitative estimate of drug-likeness (QED) is 0.350. The molecule has 3 rings (SSSR count). The van der Waals surface area contributed by atoms with E-state index in [0.717, 1.165) is 19.4 Å². The molecule has 0 atom stereocenters. The summed E-state index contributed by atoms with van der Waals surface area (Å²) in [5.74, 6) is 0. The van der Waals surface area contributed by atoms with E-state index in [1.54, 1.807) is 0 Å². The highest BCUT2D eigenvalue weighted by molar-refractivity contribution is 7.07. The van der Waals surface area contributed by atoms with E-state index in [1.165, 1.54) is 26.7 Å². The summed E-state index contributed by atoms with van der Waals surface area (Å²) >= 11 is 0. The molecule has 3 aromatic rings. The number of unbranched alkanes of at least 4 members (excludes halogenated alkanes) is 1. The topological polar surface area (TPSA) is 9.23 Å². The highest BCUT2D eigenvalue weighted by Gasteiger charge is 2.43. The van der Waals surface area contributed by atoms with E-state index in [1.807, 2.05) is 0 Å². The number of benzene rings is 3. The standard InChI is InChI=1S/C24H28OSi/c1-4-5-19-25-26(22-15-7-6-8-16-22,23-17-11-9-13-20(23)2)24-18-12-10-14-21(24)3/h6-18H,4-5,19H2,1-3H3. The molecule has 0 radical (unpaired) electrons. The van der Waals surface area contributed by atoms with Crippen LogP contribution in [0.2, 0.25) is 0 Å². The highest BCUT2D eigenvalue weighted by Crippen LogP contribution is 2.14. The SMILES string of the molecule is CCCCO[Si](c1ccccc1)(c1ccccc1C)c1ccccc1C. The van der Waals surface area contributed by atoms with Gasteiger partial charge in [0.05, 0.1) is 0 Å². The van der Waals surface area contributed by atoms with Gasteiger partial charge in [-0.25, -0.2) is 0 Å². The molecule has 2 heteroatoms. The normalized spacial score (nSPS) is 11.5. The van der Waals surface area contributed by atoms with Crippen LogP contribution in [0.3, 0.4) is 0 Å². The van der Waals surface area contributed by atoms with Gasteiger partial charge in [0.15, 0.2) is 0 Å². The molecule has 0 N–H and O–H groups in total. The fraction of sp³-hybridized carbons (Fsp3) is 0.250. The zero-order chi connectivity index (χ0) is 18.4. The van der Waals surface area contributed by atoms with E-state index < -0.39 is 8.32 Å². The number of aryl methyl sites for hydroxylation is 2. The first-order valence-electron chi connectivity index (χ1n) is 9.52. The first-order chi connectivity index (χ1) is 12.7. The maximum absolute atomic E-state index is 6.93. The minimum Gasteiger partial charge on any atom is -0.404 e. The Hall–Kier alpha value is -2.16. The molecule has 0 aliphatic rings. The average molecular weight is 361 g/mol. The number of rotatable bonds is 7. The van der Waals surface area contributed by atoms with Crippen LogP contribution in [0.4, 0.5) is 0 Å². The van der Waals surface area contributed by atoms with Gasteiger partial charge >= 0.3 is 0 Å². The van der Waals surface area contributed by atoms with Crippen LogP contribution in [0.25, 0.3) is 0 Å². The van der Waals surface area contributed by atoms with Gasteiger partial charge in [-0.15, -0.1) is 0 Å². The largest absolute Gasteiger partial charge is 0.404 e. The molecule has 26 heavy (non-hydrogen) atoms. The van der Waals surface area contributed by atoms with Crippen LogP contribution in [-0.4, -0.2) is 14.9 Å². The molecule has 0 bridgehead atoms. The lowest BCUT2D eigenvalue weighted by Crippen LogP contribution is -2.70. The predicted octanol–water partition coefficient (Wildman–Crippen LogP) is 4.09. The van der Waals surface area contributed by atoms with Crippen LogP contribution < -0.4 is 15.6 Å². The van der Waals surface area contributed by atoms with Crippen molar-refractivity contribution in [3.05, 3.63) is 90.0 Å². The Bertz CT molecular complexity index is 796. The van der Waals surface area contributed by atoms with Gasteiger partial charge in [-0.2, -0.15) is 0 Å². The molecular weight excluding hydrogens is 332 g/mol. The summed E-state index contributed by atoms with van der Waals surface area (Å²) in [6.45, 7) is 7.43. The molecule has 0 unspecified atom stereocenters. The molecular formula is C24H28OSi. The van der Waals surface area contributed by atoms with Crippen molar-refractivity contribution in [1.29, 1.82) is 0 Å². The Labute approximate surface area is 158 Å². The first kappa shape index (κ1) is 18.6. The minimum absolute atomic E-state index is 0.792. The lowest BCUT2D eigenvalue weighted by Gasteiger charge is -2.35. The summed E-state index contributed by atoms with van der Waals surface area (Å²) < 4.78 is 6.93. The van der Waals surface area contributed by atoms with Crippen LogP contribution in [0.15, 0.2) is 78.9 Å². The molecule has 0 fully saturated rings. The third-order valence-corrected chi connectivity index (χ3v) is 9.47. The molecule has 0 saturated carbocycles. The minimum atomic E-state index is -2.55. The van der Waals surface area contributed by atoms with Gasteiger partial charge < -0.3 is 4.43 Å². The van der Waals surface area contributed by atoms with Crippen LogP contribution in [-0.2, 0) is 4.43 Å². The van der Waals surface area contributed by atoms with Crippen molar-refractivity contribution in [2.75, 3.05) is 6.61 Å². The van der Waals surface area contributed by atoms with Crippen molar-refractivity contribution in [3.63, 3.8) is 0 Å². The Kier molecular flexibility index (Phi) is 6.07. The van der Waals surface area contributed by atoms with Gasteiger partial charge in [0.2, 0.25) is 0 Å². The Morgan fingerprint density at radius 1 is 0.692 bits per heavy atom. The highest BCUT2D eigenvalue weighted by atomic mass is 28.4. The van der Waals surface area contributed by atoms with Gasteiger partial charge in [0.25, 0.3) is 8.32 Å². The predicted molar refractivity (Wildman–Crippen MR) is 114 cm³/mol. The molecule has 0 spiro atoms. The molecule has 134 valence electrons. The van der Waals surface area contributed by atoms with E-state index in [4.69, 9.17) is 4.43 Å². The van der Waals surface area contributed by atoms with E-state index in [2.05, 4.69) is 99.6 Å². The summed E-state index contributed by atoms with van der Waals surface area (Å²) in [5, 5.41) is 4.04. The zero-order valence-electron chi connectivity index (χ0n) is 16.0. The molecule has 0 saturated heterocycles. The molecule has 3 aromatic carbocycles. The molecule has 0 aliphatic carbocycles. The van der Waals surface area contributed by atoms with Gasteiger partial charge in [-0.1, -0.05) is 92.2 Å². The second-order valence-electron chi connectivity index (χ2n) is 6.88. The van der Waals surface area contributed by atoms with Crippen molar-refractivity contribution in [2.45, 2.75) is 33.6 Å². The summed E-state index contributed by atoms with van der Waals surface area (Å²) in [6.07, 6.45) is 2.22. The smallest absolute Gasteiger partial charge is 0.288 e. The van der Waals surface area contributed by atoms with Crippen molar-refractivity contribution in [1.82, 2.24) is 0 Å². The van der Waals surface area contributed by atoms with Gasteiger partial charge in [-0.3, -0.25) is 0 Å². The van der Waals surface area contributed by atoms with Gasteiger partial charge in [0, 0.05) is 6.61 Å². The van der Waals surface area contributed by atoms with Crippen molar-refractivity contribution in [3.8, 4) is 0 Å². The number of hydrogen-bond acceptors (Lipinski definition) is 1.